The topological polar surface area (TPSA) is 103 Å². The number of rotatable bonds is 5. The Hall–Kier alpha value is -2.94. The second kappa shape index (κ2) is 7.58. The SMILES string of the molecule is COc1ccc(C)cc1NC(=O)c1cc(C2CC2)nc2c1c(C)nn2[C@H]1CCS(=O)(=O)C1. The van der Waals surface area contributed by atoms with Crippen LogP contribution >= 0.6 is 0 Å². The Morgan fingerprint density at radius 2 is 1.97 bits per heavy atom. The number of carbonyl (C=O) groups excluding carboxylic acids is 1. The summed E-state index contributed by atoms with van der Waals surface area (Å²) >= 11 is 0. The molecule has 8 nitrogen and oxygen atoms in total. The number of aryl methyl sites for hydroxylation is 2. The molecule has 5 rings (SSSR count). The number of benzene rings is 1. The van der Waals surface area contributed by atoms with Crippen molar-refractivity contribution in [1.29, 1.82) is 0 Å². The molecule has 1 saturated carbocycles. The van der Waals surface area contributed by atoms with E-state index in [1.807, 2.05) is 38.1 Å². The van der Waals surface area contributed by atoms with E-state index in [1.165, 1.54) is 0 Å². The van der Waals surface area contributed by atoms with Crippen molar-refractivity contribution in [2.75, 3.05) is 23.9 Å². The van der Waals surface area contributed by atoms with Gasteiger partial charge in [-0.05, 0) is 56.9 Å². The standard InChI is InChI=1S/C23H26N4O4S/c1-13-4-7-20(31-3)19(10-13)25-23(28)17-11-18(15-5-6-15)24-22-21(17)14(2)26-27(22)16-8-9-32(29,30)12-16/h4,7,10-11,15-16H,5-6,8-9,12H2,1-3H3,(H,25,28)/t16-/m0/s1. The van der Waals surface area contributed by atoms with E-state index in [0.29, 0.717) is 46.1 Å². The van der Waals surface area contributed by atoms with Crippen molar-refractivity contribution in [2.24, 2.45) is 0 Å². The van der Waals surface area contributed by atoms with Crippen LogP contribution in [0.2, 0.25) is 0 Å². The Morgan fingerprint density at radius 3 is 2.62 bits per heavy atom. The number of hydrogen-bond donors (Lipinski definition) is 1. The highest BCUT2D eigenvalue weighted by atomic mass is 32.2. The molecule has 3 heterocycles. The van der Waals surface area contributed by atoms with Crippen LogP contribution in [0, 0.1) is 13.8 Å². The maximum atomic E-state index is 13.5. The molecule has 0 unspecified atom stereocenters. The third-order valence-electron chi connectivity index (χ3n) is 6.25. The van der Waals surface area contributed by atoms with Crippen molar-refractivity contribution in [3.05, 3.63) is 46.8 Å². The van der Waals surface area contributed by atoms with Crippen LogP contribution in [0.3, 0.4) is 0 Å². The highest BCUT2D eigenvalue weighted by molar-refractivity contribution is 7.91. The summed E-state index contributed by atoms with van der Waals surface area (Å²) in [6.45, 7) is 3.79. The second-order valence-electron chi connectivity index (χ2n) is 8.81. The lowest BCUT2D eigenvalue weighted by Crippen LogP contribution is -2.16. The molecule has 1 N–H and O–H groups in total. The Morgan fingerprint density at radius 1 is 1.19 bits per heavy atom. The maximum absolute atomic E-state index is 13.5. The van der Waals surface area contributed by atoms with Gasteiger partial charge >= 0.3 is 0 Å². The van der Waals surface area contributed by atoms with Gasteiger partial charge < -0.3 is 10.1 Å². The van der Waals surface area contributed by atoms with Crippen molar-refractivity contribution < 1.29 is 17.9 Å². The Balaban J connectivity index is 1.61. The number of sulfone groups is 1. The van der Waals surface area contributed by atoms with Gasteiger partial charge in [-0.3, -0.25) is 4.79 Å². The van der Waals surface area contributed by atoms with Gasteiger partial charge in [0.1, 0.15) is 5.75 Å². The molecule has 1 amide bonds. The minimum absolute atomic E-state index is 0.0561. The van der Waals surface area contributed by atoms with Crippen molar-refractivity contribution in [3.63, 3.8) is 0 Å². The third kappa shape index (κ3) is 3.74. The molecule has 3 aromatic rings. The average molecular weight is 455 g/mol. The molecule has 0 bridgehead atoms. The molecule has 2 fully saturated rings. The summed E-state index contributed by atoms with van der Waals surface area (Å²) in [5.41, 5.74) is 4.23. The van der Waals surface area contributed by atoms with Gasteiger partial charge in [-0.1, -0.05) is 6.07 Å². The van der Waals surface area contributed by atoms with Crippen LogP contribution in [0.4, 0.5) is 5.69 Å². The van der Waals surface area contributed by atoms with Crippen LogP contribution in [0.25, 0.3) is 11.0 Å². The van der Waals surface area contributed by atoms with E-state index in [0.717, 1.165) is 24.1 Å². The number of aromatic nitrogens is 3. The monoisotopic (exact) mass is 454 g/mol. The number of hydrogen-bond acceptors (Lipinski definition) is 6. The van der Waals surface area contributed by atoms with Crippen LogP contribution in [0.5, 0.6) is 5.75 Å². The Bertz CT molecular complexity index is 1340. The summed E-state index contributed by atoms with van der Waals surface area (Å²) in [6.07, 6.45) is 2.59. The first-order valence-corrected chi connectivity index (χ1v) is 12.6. The molecule has 1 aliphatic carbocycles. The number of nitrogens with one attached hydrogen (secondary N) is 1. The molecule has 32 heavy (non-hydrogen) atoms. The first kappa shape index (κ1) is 20.9. The lowest BCUT2D eigenvalue weighted by atomic mass is 10.1. The molecular weight excluding hydrogens is 428 g/mol. The molecule has 1 atom stereocenters. The molecule has 1 saturated heterocycles. The van der Waals surface area contributed by atoms with Gasteiger partial charge in [0.15, 0.2) is 15.5 Å². The van der Waals surface area contributed by atoms with Gasteiger partial charge in [-0.2, -0.15) is 5.10 Å². The van der Waals surface area contributed by atoms with E-state index in [2.05, 4.69) is 10.4 Å². The largest absolute Gasteiger partial charge is 0.495 e. The van der Waals surface area contributed by atoms with E-state index in [9.17, 15) is 13.2 Å². The highest BCUT2D eigenvalue weighted by Crippen LogP contribution is 2.41. The fraction of sp³-hybridized carbons (Fsp3) is 0.435. The van der Waals surface area contributed by atoms with Crippen molar-refractivity contribution in [1.82, 2.24) is 14.8 Å². The predicted molar refractivity (Wildman–Crippen MR) is 122 cm³/mol. The zero-order valence-corrected chi connectivity index (χ0v) is 19.2. The summed E-state index contributed by atoms with van der Waals surface area (Å²) in [5.74, 6) is 0.863. The smallest absolute Gasteiger partial charge is 0.256 e. The number of methoxy groups -OCH3 is 1. The second-order valence-corrected chi connectivity index (χ2v) is 11.0. The number of amides is 1. The average Bonchev–Trinajstić information content (AvgIpc) is 3.46. The van der Waals surface area contributed by atoms with Gasteiger partial charge in [-0.15, -0.1) is 0 Å². The molecule has 1 aliphatic heterocycles. The van der Waals surface area contributed by atoms with E-state index >= 15 is 0 Å². The molecule has 0 spiro atoms. The highest BCUT2D eigenvalue weighted by Gasteiger charge is 2.34. The van der Waals surface area contributed by atoms with Gasteiger partial charge in [0.25, 0.3) is 5.91 Å². The minimum Gasteiger partial charge on any atom is -0.495 e. The van der Waals surface area contributed by atoms with Crippen LogP contribution in [0.15, 0.2) is 24.3 Å². The fourth-order valence-corrected chi connectivity index (χ4v) is 6.12. The summed E-state index contributed by atoms with van der Waals surface area (Å²) < 4.78 is 31.3. The van der Waals surface area contributed by atoms with Gasteiger partial charge in [0.05, 0.1) is 47.0 Å². The molecule has 9 heteroatoms. The summed E-state index contributed by atoms with van der Waals surface area (Å²) in [5, 5.41) is 8.30. The zero-order chi connectivity index (χ0) is 22.6. The minimum atomic E-state index is -3.08. The van der Waals surface area contributed by atoms with E-state index in [1.54, 1.807) is 11.8 Å². The lowest BCUT2D eigenvalue weighted by molar-refractivity contribution is 0.102. The van der Waals surface area contributed by atoms with Crippen molar-refractivity contribution in [2.45, 2.75) is 45.1 Å². The first-order valence-electron chi connectivity index (χ1n) is 10.8. The van der Waals surface area contributed by atoms with E-state index < -0.39 is 9.84 Å². The molecule has 0 radical (unpaired) electrons. The molecule has 1 aromatic carbocycles. The molecule has 2 aromatic heterocycles. The molecule has 168 valence electrons. The molecular formula is C23H26N4O4S. The fourth-order valence-electron chi connectivity index (χ4n) is 4.43. The van der Waals surface area contributed by atoms with Crippen LogP contribution < -0.4 is 10.1 Å². The van der Waals surface area contributed by atoms with Gasteiger partial charge in [0.2, 0.25) is 0 Å². The number of anilines is 1. The summed E-state index contributed by atoms with van der Waals surface area (Å²) in [6, 6.07) is 7.23. The summed E-state index contributed by atoms with van der Waals surface area (Å²) in [4.78, 5) is 18.3. The quantitative estimate of drug-likeness (QED) is 0.632. The van der Waals surface area contributed by atoms with Crippen molar-refractivity contribution in [3.8, 4) is 5.75 Å². The van der Waals surface area contributed by atoms with Crippen LogP contribution in [0.1, 0.15) is 58.5 Å². The number of nitrogens with zero attached hydrogens (tertiary/aromatic N) is 3. The van der Waals surface area contributed by atoms with Gasteiger partial charge in [0, 0.05) is 11.6 Å². The number of fused-ring (bicyclic) bond motifs is 1. The van der Waals surface area contributed by atoms with E-state index in [4.69, 9.17) is 9.72 Å². The normalized spacial score (nSPS) is 19.9. The maximum Gasteiger partial charge on any atom is 0.256 e. The van der Waals surface area contributed by atoms with Gasteiger partial charge in [-0.25, -0.2) is 18.1 Å². The predicted octanol–water partition coefficient (Wildman–Crippen LogP) is 3.55. The number of ether oxygens (including phenoxy) is 1. The zero-order valence-electron chi connectivity index (χ0n) is 18.4. The van der Waals surface area contributed by atoms with Crippen LogP contribution in [-0.4, -0.2) is 47.7 Å². The number of carbonyl (C=O) groups is 1. The lowest BCUT2D eigenvalue weighted by Gasteiger charge is -2.13. The van der Waals surface area contributed by atoms with Crippen molar-refractivity contribution >= 4 is 32.5 Å². The third-order valence-corrected chi connectivity index (χ3v) is 8.00. The first-order chi connectivity index (χ1) is 15.3. The molecule has 2 aliphatic rings. The number of pyridine rings is 1. The Kier molecular flexibility index (Phi) is 4.96. The summed E-state index contributed by atoms with van der Waals surface area (Å²) in [7, 11) is -1.51. The Labute approximate surface area is 186 Å². The van der Waals surface area contributed by atoms with Crippen LogP contribution in [-0.2, 0) is 9.84 Å². The van der Waals surface area contributed by atoms with E-state index in [-0.39, 0.29) is 23.5 Å².